The number of halogens is 2. The van der Waals surface area contributed by atoms with E-state index in [1.54, 1.807) is 12.0 Å². The van der Waals surface area contributed by atoms with E-state index in [1.807, 2.05) is 18.2 Å². The highest BCUT2D eigenvalue weighted by molar-refractivity contribution is 9.10. The molecule has 1 aromatic rings. The van der Waals surface area contributed by atoms with Gasteiger partial charge in [-0.25, -0.2) is 0 Å². The Balaban J connectivity index is 2.28. The van der Waals surface area contributed by atoms with Gasteiger partial charge in [0.05, 0.1) is 11.6 Å². The molecule has 1 fully saturated rings. The smallest absolute Gasteiger partial charge is 0.228 e. The Labute approximate surface area is 111 Å². The van der Waals surface area contributed by atoms with E-state index in [9.17, 15) is 4.79 Å². The van der Waals surface area contributed by atoms with Crippen molar-refractivity contribution in [3.05, 3.63) is 22.7 Å². The fourth-order valence-electron chi connectivity index (χ4n) is 1.74. The average Bonchev–Trinajstić information content (AvgIpc) is 2.58. The maximum Gasteiger partial charge on any atom is 0.228 e. The van der Waals surface area contributed by atoms with Crippen LogP contribution in [0, 0.1) is 0 Å². The average molecular weight is 349 g/mol. The standard InChI is InChI=1S/C11H11Br2NO2/c1-16-10-3-2-8(5-9(10)13)14-6-7(12)4-11(14)15/h2-3,5,7H,4,6H2,1H3. The van der Waals surface area contributed by atoms with Crippen LogP contribution in [0.3, 0.4) is 0 Å². The molecule has 0 aromatic heterocycles. The largest absolute Gasteiger partial charge is 0.496 e. The third-order valence-corrected chi connectivity index (χ3v) is 3.76. The topological polar surface area (TPSA) is 29.5 Å². The van der Waals surface area contributed by atoms with E-state index in [0.717, 1.165) is 22.5 Å². The highest BCUT2D eigenvalue weighted by atomic mass is 79.9. The number of alkyl halides is 1. The summed E-state index contributed by atoms with van der Waals surface area (Å²) in [6, 6.07) is 5.66. The molecule has 2 rings (SSSR count). The molecule has 1 aliphatic heterocycles. The van der Waals surface area contributed by atoms with Gasteiger partial charge in [-0.1, -0.05) is 15.9 Å². The molecule has 86 valence electrons. The van der Waals surface area contributed by atoms with Crippen LogP contribution in [0.4, 0.5) is 5.69 Å². The highest BCUT2D eigenvalue weighted by Crippen LogP contribution is 2.32. The van der Waals surface area contributed by atoms with Crippen LogP contribution in [-0.4, -0.2) is 24.4 Å². The van der Waals surface area contributed by atoms with Gasteiger partial charge in [0.1, 0.15) is 5.75 Å². The van der Waals surface area contributed by atoms with Gasteiger partial charge in [0.15, 0.2) is 0 Å². The van der Waals surface area contributed by atoms with Crippen LogP contribution in [0.5, 0.6) is 5.75 Å². The summed E-state index contributed by atoms with van der Waals surface area (Å²) in [5.41, 5.74) is 0.902. The Hall–Kier alpha value is -0.550. The molecule has 0 bridgehead atoms. The molecule has 1 heterocycles. The second-order valence-corrected chi connectivity index (χ2v) is 5.77. The molecular formula is C11H11Br2NO2. The van der Waals surface area contributed by atoms with E-state index in [4.69, 9.17) is 4.74 Å². The lowest BCUT2D eigenvalue weighted by Crippen LogP contribution is -2.24. The summed E-state index contributed by atoms with van der Waals surface area (Å²) < 4.78 is 6.01. The molecule has 0 spiro atoms. The zero-order valence-electron chi connectivity index (χ0n) is 8.74. The molecule has 1 saturated heterocycles. The molecule has 16 heavy (non-hydrogen) atoms. The first-order valence-electron chi connectivity index (χ1n) is 4.90. The molecule has 0 aliphatic carbocycles. The number of ether oxygens (including phenoxy) is 1. The Morgan fingerprint density at radius 3 is 2.75 bits per heavy atom. The number of amides is 1. The van der Waals surface area contributed by atoms with Crippen molar-refractivity contribution in [2.24, 2.45) is 0 Å². The lowest BCUT2D eigenvalue weighted by atomic mass is 10.3. The SMILES string of the molecule is COc1ccc(N2CC(Br)CC2=O)cc1Br. The predicted molar refractivity (Wildman–Crippen MR) is 70.4 cm³/mol. The van der Waals surface area contributed by atoms with Crippen LogP contribution >= 0.6 is 31.9 Å². The van der Waals surface area contributed by atoms with Crippen molar-refractivity contribution < 1.29 is 9.53 Å². The number of hydrogen-bond acceptors (Lipinski definition) is 2. The maximum absolute atomic E-state index is 11.7. The van der Waals surface area contributed by atoms with Crippen LogP contribution in [-0.2, 0) is 4.79 Å². The van der Waals surface area contributed by atoms with Crippen LogP contribution in [0.1, 0.15) is 6.42 Å². The van der Waals surface area contributed by atoms with Crippen molar-refractivity contribution in [2.75, 3.05) is 18.6 Å². The number of anilines is 1. The van der Waals surface area contributed by atoms with Crippen molar-refractivity contribution in [2.45, 2.75) is 11.2 Å². The zero-order valence-corrected chi connectivity index (χ0v) is 11.9. The monoisotopic (exact) mass is 347 g/mol. The van der Waals surface area contributed by atoms with Gasteiger partial charge in [0.25, 0.3) is 0 Å². The first-order valence-corrected chi connectivity index (χ1v) is 6.60. The number of hydrogen-bond donors (Lipinski definition) is 0. The maximum atomic E-state index is 11.7. The van der Waals surface area contributed by atoms with Crippen LogP contribution in [0.25, 0.3) is 0 Å². The molecular weight excluding hydrogens is 338 g/mol. The molecule has 1 aromatic carbocycles. The first kappa shape index (κ1) is 11.9. The van der Waals surface area contributed by atoms with Gasteiger partial charge in [-0.15, -0.1) is 0 Å². The number of rotatable bonds is 2. The minimum atomic E-state index is 0.152. The Morgan fingerprint density at radius 2 is 2.25 bits per heavy atom. The van der Waals surface area contributed by atoms with Gasteiger partial charge in [-0.2, -0.15) is 0 Å². The third-order valence-electron chi connectivity index (χ3n) is 2.52. The van der Waals surface area contributed by atoms with Crippen LogP contribution < -0.4 is 9.64 Å². The molecule has 3 nitrogen and oxygen atoms in total. The summed E-state index contributed by atoms with van der Waals surface area (Å²) in [5.74, 6) is 0.921. The molecule has 1 amide bonds. The number of benzene rings is 1. The molecule has 1 atom stereocenters. The van der Waals surface area contributed by atoms with Crippen molar-refractivity contribution in [3.63, 3.8) is 0 Å². The molecule has 1 aliphatic rings. The summed E-state index contributed by atoms with van der Waals surface area (Å²) in [7, 11) is 1.62. The summed E-state index contributed by atoms with van der Waals surface area (Å²) in [4.78, 5) is 13.7. The molecule has 1 unspecified atom stereocenters. The van der Waals surface area contributed by atoms with E-state index in [1.165, 1.54) is 0 Å². The fourth-order valence-corrected chi connectivity index (χ4v) is 2.83. The summed E-state index contributed by atoms with van der Waals surface area (Å²) in [5, 5.41) is 0. The van der Waals surface area contributed by atoms with Gasteiger partial charge in [-0.3, -0.25) is 4.79 Å². The predicted octanol–water partition coefficient (Wildman–Crippen LogP) is 2.96. The van der Waals surface area contributed by atoms with Gasteiger partial charge in [-0.05, 0) is 34.1 Å². The highest BCUT2D eigenvalue weighted by Gasteiger charge is 2.28. The van der Waals surface area contributed by atoms with Crippen LogP contribution in [0.15, 0.2) is 22.7 Å². The van der Waals surface area contributed by atoms with E-state index in [0.29, 0.717) is 6.42 Å². The van der Waals surface area contributed by atoms with Crippen molar-refractivity contribution in [1.82, 2.24) is 0 Å². The summed E-state index contributed by atoms with van der Waals surface area (Å²) >= 11 is 6.88. The normalized spacial score (nSPS) is 20.3. The van der Waals surface area contributed by atoms with Crippen molar-refractivity contribution in [3.8, 4) is 5.75 Å². The van der Waals surface area contributed by atoms with Gasteiger partial charge >= 0.3 is 0 Å². The van der Waals surface area contributed by atoms with E-state index in [2.05, 4.69) is 31.9 Å². The quantitative estimate of drug-likeness (QED) is 0.769. The van der Waals surface area contributed by atoms with E-state index < -0.39 is 0 Å². The second kappa shape index (κ2) is 4.75. The fraction of sp³-hybridized carbons (Fsp3) is 0.364. The second-order valence-electron chi connectivity index (χ2n) is 3.62. The van der Waals surface area contributed by atoms with Crippen LogP contribution in [0.2, 0.25) is 0 Å². The summed E-state index contributed by atoms with van der Waals surface area (Å²) in [6.45, 7) is 0.720. The van der Waals surface area contributed by atoms with E-state index in [-0.39, 0.29) is 10.7 Å². The lowest BCUT2D eigenvalue weighted by Gasteiger charge is -2.17. The van der Waals surface area contributed by atoms with Gasteiger partial charge in [0.2, 0.25) is 5.91 Å². The first-order chi connectivity index (χ1) is 7.61. The van der Waals surface area contributed by atoms with Gasteiger partial charge < -0.3 is 9.64 Å². The Bertz CT molecular complexity index is 422. The van der Waals surface area contributed by atoms with Gasteiger partial charge in [0, 0.05) is 23.5 Å². The Morgan fingerprint density at radius 1 is 1.50 bits per heavy atom. The molecule has 0 N–H and O–H groups in total. The van der Waals surface area contributed by atoms with Crippen molar-refractivity contribution >= 4 is 43.5 Å². The number of carbonyl (C=O) groups is 1. The zero-order chi connectivity index (χ0) is 11.7. The Kier molecular flexibility index (Phi) is 3.54. The number of carbonyl (C=O) groups excluding carboxylic acids is 1. The minimum absolute atomic E-state index is 0.152. The molecule has 0 radical (unpaired) electrons. The minimum Gasteiger partial charge on any atom is -0.496 e. The van der Waals surface area contributed by atoms with Crippen molar-refractivity contribution in [1.29, 1.82) is 0 Å². The third kappa shape index (κ3) is 2.25. The summed E-state index contributed by atoms with van der Waals surface area (Å²) in [6.07, 6.45) is 0.559. The molecule has 5 heteroatoms. The number of nitrogens with zero attached hydrogens (tertiary/aromatic N) is 1. The lowest BCUT2D eigenvalue weighted by molar-refractivity contribution is -0.117. The van der Waals surface area contributed by atoms with E-state index >= 15 is 0 Å². The number of methoxy groups -OCH3 is 1. The molecule has 0 saturated carbocycles.